The van der Waals surface area contributed by atoms with Gasteiger partial charge in [0.25, 0.3) is 0 Å². The molecule has 1 aliphatic carbocycles. The van der Waals surface area contributed by atoms with Crippen molar-refractivity contribution in [3.63, 3.8) is 0 Å². The molecular weight excluding hydrogens is 264 g/mol. The van der Waals surface area contributed by atoms with E-state index < -0.39 is 0 Å². The zero-order chi connectivity index (χ0) is 14.9. The van der Waals surface area contributed by atoms with E-state index in [1.807, 2.05) is 24.3 Å². The van der Waals surface area contributed by atoms with Crippen molar-refractivity contribution >= 4 is 12.0 Å². The molecule has 21 heavy (non-hydrogen) atoms. The number of para-hydroxylation sites is 1. The van der Waals surface area contributed by atoms with Crippen molar-refractivity contribution < 1.29 is 14.3 Å². The van der Waals surface area contributed by atoms with Gasteiger partial charge in [-0.25, -0.2) is 4.79 Å². The van der Waals surface area contributed by atoms with E-state index in [1.54, 1.807) is 6.08 Å². The number of rotatable bonds is 6. The fraction of sp³-hybridized carbons (Fsp3) is 0.500. The SMILES string of the molecule is CCCOc1ccccc1C=CC(=O)OC1CCCCC1. The van der Waals surface area contributed by atoms with Crippen LogP contribution in [0.1, 0.15) is 51.0 Å². The first-order valence-corrected chi connectivity index (χ1v) is 7.90. The lowest BCUT2D eigenvalue weighted by molar-refractivity contribution is -0.144. The zero-order valence-corrected chi connectivity index (χ0v) is 12.7. The molecule has 1 aliphatic rings. The summed E-state index contributed by atoms with van der Waals surface area (Å²) in [4.78, 5) is 11.9. The third-order valence-electron chi connectivity index (χ3n) is 3.61. The Balaban J connectivity index is 1.91. The largest absolute Gasteiger partial charge is 0.493 e. The lowest BCUT2D eigenvalue weighted by Gasteiger charge is -2.20. The van der Waals surface area contributed by atoms with Gasteiger partial charge >= 0.3 is 5.97 Å². The number of carbonyl (C=O) groups excluding carboxylic acids is 1. The molecule has 1 saturated carbocycles. The molecular formula is C18H24O3. The second-order valence-corrected chi connectivity index (χ2v) is 5.42. The quantitative estimate of drug-likeness (QED) is 0.576. The van der Waals surface area contributed by atoms with Gasteiger partial charge < -0.3 is 9.47 Å². The Morgan fingerprint density at radius 1 is 1.24 bits per heavy atom. The van der Waals surface area contributed by atoms with Gasteiger partial charge in [-0.15, -0.1) is 0 Å². The van der Waals surface area contributed by atoms with E-state index in [2.05, 4.69) is 6.92 Å². The Labute approximate surface area is 127 Å². The molecule has 0 aliphatic heterocycles. The molecule has 2 rings (SSSR count). The summed E-state index contributed by atoms with van der Waals surface area (Å²) in [6.07, 6.45) is 9.91. The summed E-state index contributed by atoms with van der Waals surface area (Å²) in [5, 5.41) is 0. The second-order valence-electron chi connectivity index (χ2n) is 5.42. The average molecular weight is 288 g/mol. The Morgan fingerprint density at radius 2 is 2.00 bits per heavy atom. The molecule has 0 unspecified atom stereocenters. The predicted octanol–water partition coefficient (Wildman–Crippen LogP) is 4.36. The Morgan fingerprint density at radius 3 is 2.76 bits per heavy atom. The van der Waals surface area contributed by atoms with Gasteiger partial charge in [-0.05, 0) is 44.2 Å². The molecule has 0 saturated heterocycles. The normalized spacial score (nSPS) is 16.0. The molecule has 0 N–H and O–H groups in total. The zero-order valence-electron chi connectivity index (χ0n) is 12.7. The van der Waals surface area contributed by atoms with Crippen LogP contribution < -0.4 is 4.74 Å². The number of benzene rings is 1. The van der Waals surface area contributed by atoms with Crippen LogP contribution in [0.25, 0.3) is 6.08 Å². The lowest BCUT2D eigenvalue weighted by atomic mass is 9.98. The molecule has 1 aromatic carbocycles. The fourth-order valence-electron chi connectivity index (χ4n) is 2.51. The van der Waals surface area contributed by atoms with E-state index in [-0.39, 0.29) is 12.1 Å². The molecule has 3 heteroatoms. The van der Waals surface area contributed by atoms with Crippen molar-refractivity contribution in [1.29, 1.82) is 0 Å². The molecule has 1 fully saturated rings. The fourth-order valence-corrected chi connectivity index (χ4v) is 2.51. The van der Waals surface area contributed by atoms with Crippen molar-refractivity contribution in [3.8, 4) is 5.75 Å². The molecule has 0 amide bonds. The van der Waals surface area contributed by atoms with Gasteiger partial charge in [0.15, 0.2) is 0 Å². The van der Waals surface area contributed by atoms with E-state index in [0.717, 1.165) is 43.4 Å². The number of hydrogen-bond donors (Lipinski definition) is 0. The first kappa shape index (κ1) is 15.6. The molecule has 0 atom stereocenters. The van der Waals surface area contributed by atoms with Crippen LogP contribution in [0.4, 0.5) is 0 Å². The average Bonchev–Trinajstić information content (AvgIpc) is 2.52. The monoisotopic (exact) mass is 288 g/mol. The van der Waals surface area contributed by atoms with E-state index in [0.29, 0.717) is 6.61 Å². The van der Waals surface area contributed by atoms with E-state index in [9.17, 15) is 4.79 Å². The van der Waals surface area contributed by atoms with E-state index >= 15 is 0 Å². The first-order chi connectivity index (χ1) is 10.3. The summed E-state index contributed by atoms with van der Waals surface area (Å²) >= 11 is 0. The Hall–Kier alpha value is -1.77. The van der Waals surface area contributed by atoms with Gasteiger partial charge in [-0.1, -0.05) is 31.5 Å². The van der Waals surface area contributed by atoms with E-state index in [1.165, 1.54) is 12.5 Å². The maximum atomic E-state index is 11.9. The molecule has 0 spiro atoms. The summed E-state index contributed by atoms with van der Waals surface area (Å²) < 4.78 is 11.1. The standard InChI is InChI=1S/C18H24O3/c1-2-14-20-17-11-7-6-8-15(17)12-13-18(19)21-16-9-4-3-5-10-16/h6-8,11-13,16H,2-5,9-10,14H2,1H3. The van der Waals surface area contributed by atoms with Crippen LogP contribution in [0.3, 0.4) is 0 Å². The minimum atomic E-state index is -0.257. The molecule has 0 heterocycles. The minimum Gasteiger partial charge on any atom is -0.493 e. The molecule has 0 radical (unpaired) electrons. The van der Waals surface area contributed by atoms with Crippen molar-refractivity contribution in [2.75, 3.05) is 6.61 Å². The predicted molar refractivity (Wildman–Crippen MR) is 84.2 cm³/mol. The summed E-state index contributed by atoms with van der Waals surface area (Å²) in [6.45, 7) is 2.75. The molecule has 114 valence electrons. The second kappa shape index (κ2) is 8.50. The van der Waals surface area contributed by atoms with Gasteiger partial charge in [0.05, 0.1) is 6.61 Å². The third kappa shape index (κ3) is 5.25. The highest BCUT2D eigenvalue weighted by atomic mass is 16.5. The maximum Gasteiger partial charge on any atom is 0.331 e. The number of ether oxygens (including phenoxy) is 2. The van der Waals surface area contributed by atoms with E-state index in [4.69, 9.17) is 9.47 Å². The van der Waals surface area contributed by atoms with Crippen LogP contribution in [0.5, 0.6) is 5.75 Å². The molecule has 3 nitrogen and oxygen atoms in total. The van der Waals surface area contributed by atoms with Gasteiger partial charge in [-0.3, -0.25) is 0 Å². The highest BCUT2D eigenvalue weighted by Gasteiger charge is 2.16. The van der Waals surface area contributed by atoms with Gasteiger partial charge in [-0.2, -0.15) is 0 Å². The Kier molecular flexibility index (Phi) is 6.32. The summed E-state index contributed by atoms with van der Waals surface area (Å²) in [5.74, 6) is 0.549. The molecule has 1 aromatic rings. The highest BCUT2D eigenvalue weighted by molar-refractivity contribution is 5.87. The van der Waals surface area contributed by atoms with Crippen LogP contribution in [0, 0.1) is 0 Å². The molecule has 0 bridgehead atoms. The number of hydrogen-bond acceptors (Lipinski definition) is 3. The number of esters is 1. The van der Waals surface area contributed by atoms with Crippen LogP contribution in [0.2, 0.25) is 0 Å². The van der Waals surface area contributed by atoms with Crippen molar-refractivity contribution in [1.82, 2.24) is 0 Å². The van der Waals surface area contributed by atoms with Crippen LogP contribution in [-0.2, 0) is 9.53 Å². The van der Waals surface area contributed by atoms with Crippen molar-refractivity contribution in [3.05, 3.63) is 35.9 Å². The highest BCUT2D eigenvalue weighted by Crippen LogP contribution is 2.22. The molecule has 0 aromatic heterocycles. The smallest absolute Gasteiger partial charge is 0.331 e. The number of carbonyl (C=O) groups is 1. The summed E-state index contributed by atoms with van der Waals surface area (Å²) in [5.41, 5.74) is 0.909. The van der Waals surface area contributed by atoms with Crippen molar-refractivity contribution in [2.24, 2.45) is 0 Å². The topological polar surface area (TPSA) is 35.5 Å². The van der Waals surface area contributed by atoms with Crippen LogP contribution >= 0.6 is 0 Å². The van der Waals surface area contributed by atoms with Gasteiger partial charge in [0, 0.05) is 11.6 Å². The first-order valence-electron chi connectivity index (χ1n) is 7.90. The van der Waals surface area contributed by atoms with Crippen molar-refractivity contribution in [2.45, 2.75) is 51.6 Å². The Bertz CT molecular complexity index is 473. The lowest BCUT2D eigenvalue weighted by Crippen LogP contribution is -2.19. The summed E-state index contributed by atoms with van der Waals surface area (Å²) in [6, 6.07) is 7.73. The summed E-state index contributed by atoms with van der Waals surface area (Å²) in [7, 11) is 0. The minimum absolute atomic E-state index is 0.0995. The van der Waals surface area contributed by atoms with Gasteiger partial charge in [0.2, 0.25) is 0 Å². The van der Waals surface area contributed by atoms with Crippen LogP contribution in [0.15, 0.2) is 30.3 Å². The van der Waals surface area contributed by atoms with Crippen LogP contribution in [-0.4, -0.2) is 18.7 Å². The third-order valence-corrected chi connectivity index (χ3v) is 3.61. The van der Waals surface area contributed by atoms with Gasteiger partial charge in [0.1, 0.15) is 11.9 Å². The maximum absolute atomic E-state index is 11.9.